The minimum absolute atomic E-state index is 0.0429. The third-order valence-electron chi connectivity index (χ3n) is 3.64. The Morgan fingerprint density at radius 2 is 2.06 bits per heavy atom. The molecule has 0 atom stereocenters. The summed E-state index contributed by atoms with van der Waals surface area (Å²) in [6.07, 6.45) is 4.34. The van der Waals surface area contributed by atoms with Crippen LogP contribution >= 0.6 is 0 Å². The minimum Gasteiger partial charge on any atom is -0.468 e. The summed E-state index contributed by atoms with van der Waals surface area (Å²) in [4.78, 5) is 20.9. The molecule has 0 bridgehead atoms. The second-order valence-electron chi connectivity index (χ2n) is 5.94. The van der Waals surface area contributed by atoms with Crippen LogP contribution < -0.4 is 0 Å². The molecule has 1 aromatic rings. The molecule has 0 aliphatic heterocycles. The predicted octanol–water partition coefficient (Wildman–Crippen LogP) is 2.37. The Labute approximate surface area is 108 Å². The number of hydrogen-bond donors (Lipinski definition) is 0. The number of carbonyl (C=O) groups excluding carboxylic acids is 1. The summed E-state index contributed by atoms with van der Waals surface area (Å²) >= 11 is 0. The van der Waals surface area contributed by atoms with Crippen LogP contribution in [0.3, 0.4) is 0 Å². The van der Waals surface area contributed by atoms with Crippen molar-refractivity contribution in [2.75, 3.05) is 7.11 Å². The summed E-state index contributed by atoms with van der Waals surface area (Å²) in [5.41, 5.74) is 0.317. The van der Waals surface area contributed by atoms with Gasteiger partial charge in [0.1, 0.15) is 11.2 Å². The van der Waals surface area contributed by atoms with Crippen LogP contribution in [0.1, 0.15) is 51.6 Å². The van der Waals surface area contributed by atoms with Gasteiger partial charge in [0.2, 0.25) is 0 Å². The normalized spacial score (nSPS) is 18.0. The predicted molar refractivity (Wildman–Crippen MR) is 68.3 cm³/mol. The maximum atomic E-state index is 12.0. The number of nitrogens with zero attached hydrogens (tertiary/aromatic N) is 2. The van der Waals surface area contributed by atoms with Crippen molar-refractivity contribution in [3.63, 3.8) is 0 Å². The van der Waals surface area contributed by atoms with E-state index in [1.165, 1.54) is 7.11 Å². The summed E-state index contributed by atoms with van der Waals surface area (Å²) in [7, 11) is 1.43. The molecule has 4 nitrogen and oxygen atoms in total. The molecule has 18 heavy (non-hydrogen) atoms. The molecule has 0 saturated heterocycles. The number of carbonyl (C=O) groups is 1. The topological polar surface area (TPSA) is 52.1 Å². The summed E-state index contributed by atoms with van der Waals surface area (Å²) in [5.74, 6) is 0.410. The van der Waals surface area contributed by atoms with E-state index in [0.717, 1.165) is 25.0 Å². The van der Waals surface area contributed by atoms with Crippen molar-refractivity contribution in [1.29, 1.82) is 0 Å². The van der Waals surface area contributed by atoms with E-state index in [2.05, 4.69) is 30.7 Å². The van der Waals surface area contributed by atoms with Crippen LogP contribution in [-0.2, 0) is 20.4 Å². The van der Waals surface area contributed by atoms with Crippen molar-refractivity contribution in [2.24, 2.45) is 0 Å². The van der Waals surface area contributed by atoms with Crippen molar-refractivity contribution in [3.05, 3.63) is 23.8 Å². The molecule has 0 aromatic carbocycles. The number of hydrogen-bond acceptors (Lipinski definition) is 4. The SMILES string of the molecule is COC(=O)C1(c2nccc(C(C)(C)C)n2)CCC1. The lowest BCUT2D eigenvalue weighted by atomic mass is 9.68. The summed E-state index contributed by atoms with van der Waals surface area (Å²) < 4.78 is 4.92. The van der Waals surface area contributed by atoms with Crippen molar-refractivity contribution < 1.29 is 9.53 Å². The van der Waals surface area contributed by atoms with Gasteiger partial charge in [0.15, 0.2) is 0 Å². The molecule has 4 heteroatoms. The lowest BCUT2D eigenvalue weighted by Gasteiger charge is -2.37. The fraction of sp³-hybridized carbons (Fsp3) is 0.643. The lowest BCUT2D eigenvalue weighted by Crippen LogP contribution is -2.45. The number of ether oxygens (including phenoxy) is 1. The zero-order chi connectivity index (χ0) is 13.4. The maximum Gasteiger partial charge on any atom is 0.319 e. The lowest BCUT2D eigenvalue weighted by molar-refractivity contribution is -0.151. The Bertz CT molecular complexity index is 459. The highest BCUT2D eigenvalue weighted by Crippen LogP contribution is 2.43. The van der Waals surface area contributed by atoms with Crippen molar-refractivity contribution in [2.45, 2.75) is 50.9 Å². The van der Waals surface area contributed by atoms with E-state index in [4.69, 9.17) is 4.74 Å². The van der Waals surface area contributed by atoms with Crippen molar-refractivity contribution >= 4 is 5.97 Å². The number of methoxy groups -OCH3 is 1. The van der Waals surface area contributed by atoms with E-state index in [1.807, 2.05) is 6.07 Å². The molecule has 0 amide bonds. The van der Waals surface area contributed by atoms with Crippen LogP contribution in [0.5, 0.6) is 0 Å². The molecule has 2 rings (SSSR count). The van der Waals surface area contributed by atoms with E-state index >= 15 is 0 Å². The second kappa shape index (κ2) is 4.34. The quantitative estimate of drug-likeness (QED) is 0.754. The van der Waals surface area contributed by atoms with E-state index in [-0.39, 0.29) is 11.4 Å². The Morgan fingerprint density at radius 1 is 1.39 bits per heavy atom. The molecule has 1 aliphatic rings. The highest BCUT2D eigenvalue weighted by Gasteiger charge is 2.49. The first-order valence-corrected chi connectivity index (χ1v) is 6.32. The largest absolute Gasteiger partial charge is 0.468 e. The summed E-state index contributed by atoms with van der Waals surface area (Å²) in [5, 5.41) is 0. The maximum absolute atomic E-state index is 12.0. The molecule has 1 heterocycles. The number of aromatic nitrogens is 2. The van der Waals surface area contributed by atoms with Gasteiger partial charge in [0.05, 0.1) is 7.11 Å². The summed E-state index contributed by atoms with van der Waals surface area (Å²) in [6, 6.07) is 1.91. The standard InChI is InChI=1S/C14H20N2O2/c1-13(2,3)10-6-9-15-11(16-10)14(7-5-8-14)12(17)18-4/h6,9H,5,7-8H2,1-4H3. The molecule has 98 valence electrons. The molecular weight excluding hydrogens is 228 g/mol. The molecule has 1 saturated carbocycles. The monoisotopic (exact) mass is 248 g/mol. The minimum atomic E-state index is -0.601. The molecule has 1 aromatic heterocycles. The Hall–Kier alpha value is -1.45. The van der Waals surface area contributed by atoms with Gasteiger partial charge in [-0.1, -0.05) is 27.2 Å². The van der Waals surface area contributed by atoms with Crippen molar-refractivity contribution in [3.8, 4) is 0 Å². The zero-order valence-electron chi connectivity index (χ0n) is 11.5. The molecule has 0 radical (unpaired) electrons. The van der Waals surface area contributed by atoms with Gasteiger partial charge in [0, 0.05) is 17.3 Å². The van der Waals surface area contributed by atoms with Crippen LogP contribution in [-0.4, -0.2) is 23.0 Å². The smallest absolute Gasteiger partial charge is 0.319 e. The third kappa shape index (κ3) is 2.00. The van der Waals surface area contributed by atoms with Gasteiger partial charge in [-0.3, -0.25) is 4.79 Å². The van der Waals surface area contributed by atoms with Crippen molar-refractivity contribution in [1.82, 2.24) is 9.97 Å². The molecule has 0 N–H and O–H groups in total. The molecule has 1 aliphatic carbocycles. The Balaban J connectivity index is 2.41. The highest BCUT2D eigenvalue weighted by atomic mass is 16.5. The molecule has 0 spiro atoms. The first-order chi connectivity index (χ1) is 8.40. The fourth-order valence-electron chi connectivity index (χ4n) is 2.25. The van der Waals surface area contributed by atoms with Gasteiger partial charge in [0.25, 0.3) is 0 Å². The van der Waals surface area contributed by atoms with E-state index in [9.17, 15) is 4.79 Å². The molecule has 1 fully saturated rings. The van der Waals surface area contributed by atoms with Crippen LogP contribution in [0.4, 0.5) is 0 Å². The summed E-state index contributed by atoms with van der Waals surface area (Å²) in [6.45, 7) is 6.31. The number of rotatable bonds is 2. The van der Waals surface area contributed by atoms with Crippen LogP contribution in [0, 0.1) is 0 Å². The third-order valence-corrected chi connectivity index (χ3v) is 3.64. The first-order valence-electron chi connectivity index (χ1n) is 6.32. The Kier molecular flexibility index (Phi) is 3.13. The first kappa shape index (κ1) is 13.0. The fourth-order valence-corrected chi connectivity index (χ4v) is 2.25. The van der Waals surface area contributed by atoms with E-state index < -0.39 is 5.41 Å². The van der Waals surface area contributed by atoms with Gasteiger partial charge < -0.3 is 4.74 Å². The second-order valence-corrected chi connectivity index (χ2v) is 5.94. The van der Waals surface area contributed by atoms with Crippen LogP contribution in [0.15, 0.2) is 12.3 Å². The molecule has 0 unspecified atom stereocenters. The number of esters is 1. The average molecular weight is 248 g/mol. The van der Waals surface area contributed by atoms with Crippen LogP contribution in [0.25, 0.3) is 0 Å². The van der Waals surface area contributed by atoms with Gasteiger partial charge in [-0.15, -0.1) is 0 Å². The highest BCUT2D eigenvalue weighted by molar-refractivity contribution is 5.83. The van der Waals surface area contributed by atoms with Gasteiger partial charge >= 0.3 is 5.97 Å². The van der Waals surface area contributed by atoms with Gasteiger partial charge in [-0.25, -0.2) is 9.97 Å². The average Bonchev–Trinajstić information content (AvgIpc) is 2.26. The van der Waals surface area contributed by atoms with Gasteiger partial charge in [-0.05, 0) is 18.9 Å². The van der Waals surface area contributed by atoms with E-state index in [0.29, 0.717) is 5.82 Å². The Morgan fingerprint density at radius 3 is 2.50 bits per heavy atom. The van der Waals surface area contributed by atoms with Gasteiger partial charge in [-0.2, -0.15) is 0 Å². The van der Waals surface area contributed by atoms with Crippen LogP contribution in [0.2, 0.25) is 0 Å². The van der Waals surface area contributed by atoms with E-state index in [1.54, 1.807) is 6.20 Å². The molecular formula is C14H20N2O2. The zero-order valence-corrected chi connectivity index (χ0v) is 11.5.